The van der Waals surface area contributed by atoms with E-state index in [0.717, 1.165) is 13.1 Å². The molecule has 0 N–H and O–H groups in total. The molecule has 0 aromatic heterocycles. The molecule has 0 bridgehead atoms. The predicted octanol–water partition coefficient (Wildman–Crippen LogP) is 4.04. The first-order chi connectivity index (χ1) is 11.8. The number of hydrogen-bond donors (Lipinski definition) is 0. The Morgan fingerprint density at radius 1 is 1.20 bits per heavy atom. The van der Waals surface area contributed by atoms with E-state index >= 15 is 0 Å². The second kappa shape index (κ2) is 10.6. The third-order valence-corrected chi connectivity index (χ3v) is 3.07. The predicted molar refractivity (Wildman–Crippen MR) is 93.0 cm³/mol. The Morgan fingerprint density at radius 2 is 1.88 bits per heavy atom. The maximum absolute atomic E-state index is 12.0. The number of benzene rings is 1. The lowest BCUT2D eigenvalue weighted by molar-refractivity contribution is -0.173. The van der Waals surface area contributed by atoms with Crippen LogP contribution in [-0.2, 0) is 4.84 Å². The van der Waals surface area contributed by atoms with Crippen molar-refractivity contribution >= 4 is 5.71 Å². The Morgan fingerprint density at radius 3 is 2.48 bits per heavy atom. The highest BCUT2D eigenvalue weighted by atomic mass is 19.4. The van der Waals surface area contributed by atoms with Gasteiger partial charge in [0, 0.05) is 13.1 Å². The molecule has 0 aliphatic carbocycles. The van der Waals surface area contributed by atoms with E-state index < -0.39 is 12.8 Å². The molecule has 1 aromatic rings. The molecule has 7 heteroatoms. The lowest BCUT2D eigenvalue weighted by Crippen LogP contribution is -2.17. The first kappa shape index (κ1) is 20.8. The lowest BCUT2D eigenvalue weighted by atomic mass is 10.1. The number of hydrogen-bond acceptors (Lipinski definition) is 4. The second-order valence-corrected chi connectivity index (χ2v) is 5.38. The average Bonchev–Trinajstić information content (AvgIpc) is 2.54. The zero-order chi connectivity index (χ0) is 18.7. The highest BCUT2D eigenvalue weighted by Crippen LogP contribution is 2.16. The molecule has 0 radical (unpaired) electrons. The fourth-order valence-electron chi connectivity index (χ4n) is 1.81. The highest BCUT2D eigenvalue weighted by molar-refractivity contribution is 5.98. The fraction of sp³-hybridized carbons (Fsp3) is 0.389. The SMILES string of the molecule is C=CCN(C)CC=CCOc1ccc(C(C)=NOCC(F)(F)F)cc1. The summed E-state index contributed by atoms with van der Waals surface area (Å²) in [6, 6.07) is 6.89. The van der Waals surface area contributed by atoms with E-state index in [1.165, 1.54) is 0 Å². The molecule has 0 atom stereocenters. The van der Waals surface area contributed by atoms with Gasteiger partial charge in [-0.2, -0.15) is 13.2 Å². The summed E-state index contributed by atoms with van der Waals surface area (Å²) in [5.41, 5.74) is 1.03. The van der Waals surface area contributed by atoms with Gasteiger partial charge in [0.1, 0.15) is 12.4 Å². The molecular formula is C18H23F3N2O2. The van der Waals surface area contributed by atoms with E-state index in [4.69, 9.17) is 4.74 Å². The molecular weight excluding hydrogens is 333 g/mol. The number of halogens is 3. The quantitative estimate of drug-likeness (QED) is 0.360. The molecule has 0 amide bonds. The first-order valence-electron chi connectivity index (χ1n) is 7.73. The molecule has 0 spiro atoms. The van der Waals surface area contributed by atoms with Crippen LogP contribution in [0, 0.1) is 0 Å². The molecule has 1 rings (SSSR count). The zero-order valence-electron chi connectivity index (χ0n) is 14.4. The largest absolute Gasteiger partial charge is 0.490 e. The van der Waals surface area contributed by atoms with Crippen LogP contribution in [0.25, 0.3) is 0 Å². The van der Waals surface area contributed by atoms with E-state index in [9.17, 15) is 13.2 Å². The summed E-state index contributed by atoms with van der Waals surface area (Å²) in [5.74, 6) is 0.664. The van der Waals surface area contributed by atoms with Crippen molar-refractivity contribution in [1.82, 2.24) is 4.90 Å². The number of alkyl halides is 3. The van der Waals surface area contributed by atoms with Gasteiger partial charge in [0.05, 0.1) is 5.71 Å². The molecule has 0 heterocycles. The van der Waals surface area contributed by atoms with Crippen molar-refractivity contribution in [2.24, 2.45) is 5.16 Å². The highest BCUT2D eigenvalue weighted by Gasteiger charge is 2.28. The molecule has 25 heavy (non-hydrogen) atoms. The maximum Gasteiger partial charge on any atom is 0.425 e. The summed E-state index contributed by atoms with van der Waals surface area (Å²) in [6.45, 7) is 5.91. The minimum atomic E-state index is -4.39. The summed E-state index contributed by atoms with van der Waals surface area (Å²) >= 11 is 0. The minimum absolute atomic E-state index is 0.362. The van der Waals surface area contributed by atoms with Crippen LogP contribution < -0.4 is 4.74 Å². The molecule has 0 aliphatic rings. The van der Waals surface area contributed by atoms with Gasteiger partial charge in [0.25, 0.3) is 0 Å². The van der Waals surface area contributed by atoms with Crippen LogP contribution in [0.3, 0.4) is 0 Å². The molecule has 0 aliphatic heterocycles. The Balaban J connectivity index is 2.41. The molecule has 4 nitrogen and oxygen atoms in total. The monoisotopic (exact) mass is 356 g/mol. The van der Waals surface area contributed by atoms with Crippen LogP contribution in [0.2, 0.25) is 0 Å². The van der Waals surface area contributed by atoms with Crippen molar-refractivity contribution in [1.29, 1.82) is 0 Å². The molecule has 1 aromatic carbocycles. The van der Waals surface area contributed by atoms with Crippen molar-refractivity contribution in [3.63, 3.8) is 0 Å². The fourth-order valence-corrected chi connectivity index (χ4v) is 1.81. The summed E-state index contributed by atoms with van der Waals surface area (Å²) in [4.78, 5) is 6.38. The first-order valence-corrected chi connectivity index (χ1v) is 7.73. The zero-order valence-corrected chi connectivity index (χ0v) is 14.4. The van der Waals surface area contributed by atoms with Gasteiger partial charge in [0.15, 0.2) is 0 Å². The van der Waals surface area contributed by atoms with Crippen molar-refractivity contribution in [3.8, 4) is 5.75 Å². The van der Waals surface area contributed by atoms with Gasteiger partial charge in [-0.3, -0.25) is 4.90 Å². The number of ether oxygens (including phenoxy) is 1. The third-order valence-electron chi connectivity index (χ3n) is 3.07. The average molecular weight is 356 g/mol. The summed E-state index contributed by atoms with van der Waals surface area (Å²) in [7, 11) is 1.99. The number of likely N-dealkylation sites (N-methyl/N-ethyl adjacent to an activating group) is 1. The van der Waals surface area contributed by atoms with E-state index in [0.29, 0.717) is 23.6 Å². The Kier molecular flexibility index (Phi) is 8.77. The van der Waals surface area contributed by atoms with Gasteiger partial charge < -0.3 is 9.57 Å². The maximum atomic E-state index is 12.0. The summed E-state index contributed by atoms with van der Waals surface area (Å²) in [6.07, 6.45) is 1.37. The molecule has 0 saturated carbocycles. The standard InChI is InChI=1S/C18H23F3N2O2/c1-4-11-23(3)12-5-6-13-24-17-9-7-16(8-10-17)15(2)22-25-14-18(19,20)21/h4-10H,1,11-14H2,2-3H3. The topological polar surface area (TPSA) is 34.1 Å². The van der Waals surface area contributed by atoms with Crippen LogP contribution in [-0.4, -0.2) is 50.1 Å². The molecule has 0 saturated heterocycles. The van der Waals surface area contributed by atoms with Gasteiger partial charge in [-0.1, -0.05) is 23.4 Å². The third kappa shape index (κ3) is 9.56. The van der Waals surface area contributed by atoms with Crippen molar-refractivity contribution in [2.75, 3.05) is 33.4 Å². The normalized spacial score (nSPS) is 12.6. The van der Waals surface area contributed by atoms with Crippen molar-refractivity contribution < 1.29 is 22.7 Å². The van der Waals surface area contributed by atoms with Crippen molar-refractivity contribution in [3.05, 3.63) is 54.6 Å². The number of nitrogens with zero attached hydrogens (tertiary/aromatic N) is 2. The van der Waals surface area contributed by atoms with Gasteiger partial charge in [0.2, 0.25) is 6.61 Å². The van der Waals surface area contributed by atoms with Gasteiger partial charge >= 0.3 is 6.18 Å². The molecule has 0 unspecified atom stereocenters. The Labute approximate surface area is 146 Å². The summed E-state index contributed by atoms with van der Waals surface area (Å²) < 4.78 is 41.5. The van der Waals surface area contributed by atoms with Crippen LogP contribution in [0.1, 0.15) is 12.5 Å². The van der Waals surface area contributed by atoms with Gasteiger partial charge in [-0.15, -0.1) is 6.58 Å². The van der Waals surface area contributed by atoms with E-state index in [1.807, 2.05) is 25.3 Å². The Hall–Kier alpha value is -2.28. The summed E-state index contributed by atoms with van der Waals surface area (Å²) in [5, 5.41) is 3.46. The van der Waals surface area contributed by atoms with Gasteiger partial charge in [-0.25, -0.2) is 0 Å². The van der Waals surface area contributed by atoms with Crippen LogP contribution in [0.4, 0.5) is 13.2 Å². The van der Waals surface area contributed by atoms with Crippen LogP contribution in [0.15, 0.2) is 54.2 Å². The van der Waals surface area contributed by atoms with E-state index in [1.54, 1.807) is 31.2 Å². The van der Waals surface area contributed by atoms with Gasteiger partial charge in [-0.05, 0) is 43.8 Å². The van der Waals surface area contributed by atoms with Crippen LogP contribution in [0.5, 0.6) is 5.75 Å². The number of oxime groups is 1. The molecule has 0 fully saturated rings. The van der Waals surface area contributed by atoms with E-state index in [2.05, 4.69) is 21.5 Å². The van der Waals surface area contributed by atoms with Crippen molar-refractivity contribution in [2.45, 2.75) is 13.1 Å². The van der Waals surface area contributed by atoms with Crippen LogP contribution >= 0.6 is 0 Å². The van der Waals surface area contributed by atoms with E-state index in [-0.39, 0.29) is 0 Å². The smallest absolute Gasteiger partial charge is 0.425 e. The number of rotatable bonds is 10. The molecule has 138 valence electrons. The minimum Gasteiger partial charge on any atom is -0.490 e. The Bertz CT molecular complexity index is 581. The second-order valence-electron chi connectivity index (χ2n) is 5.38. The lowest BCUT2D eigenvalue weighted by Gasteiger charge is -2.10.